The van der Waals surface area contributed by atoms with E-state index in [0.29, 0.717) is 32.5 Å². The van der Waals surface area contributed by atoms with Crippen molar-refractivity contribution in [2.24, 2.45) is 0 Å². The summed E-state index contributed by atoms with van der Waals surface area (Å²) < 4.78 is 0. The first-order valence-electron chi connectivity index (χ1n) is 8.77. The van der Waals surface area contributed by atoms with Crippen LogP contribution in [0.25, 0.3) is 10.6 Å². The number of piperazine rings is 1. The Balaban J connectivity index is 1.41. The van der Waals surface area contributed by atoms with E-state index in [1.807, 2.05) is 30.3 Å². The summed E-state index contributed by atoms with van der Waals surface area (Å²) in [5.74, 6) is -0.961. The van der Waals surface area contributed by atoms with E-state index in [2.05, 4.69) is 10.2 Å². The number of amides is 2. The normalized spacial score (nSPS) is 23.7. The zero-order valence-electron chi connectivity index (χ0n) is 14.2. The highest BCUT2D eigenvalue weighted by atomic mass is 32.1. The van der Waals surface area contributed by atoms with Gasteiger partial charge in [-0.15, -0.1) is 10.2 Å². The van der Waals surface area contributed by atoms with Gasteiger partial charge >= 0.3 is 11.8 Å². The van der Waals surface area contributed by atoms with Crippen LogP contribution in [-0.2, 0) is 16.1 Å². The molecule has 2 fully saturated rings. The first kappa shape index (κ1) is 17.1. The predicted octanol–water partition coefficient (Wildman–Crippen LogP) is 1.29. The minimum atomic E-state index is -0.492. The number of aromatic nitrogens is 2. The van der Waals surface area contributed by atoms with Crippen LogP contribution in [-0.4, -0.2) is 62.2 Å². The van der Waals surface area contributed by atoms with Crippen molar-refractivity contribution in [3.63, 3.8) is 0 Å². The van der Waals surface area contributed by atoms with Gasteiger partial charge in [-0.1, -0.05) is 41.7 Å². The molecule has 136 valence electrons. The van der Waals surface area contributed by atoms with Crippen molar-refractivity contribution >= 4 is 23.2 Å². The summed E-state index contributed by atoms with van der Waals surface area (Å²) in [6.07, 6.45) is 1.66. The molecule has 1 unspecified atom stereocenters. The summed E-state index contributed by atoms with van der Waals surface area (Å²) in [6.45, 7) is 1.29. The van der Waals surface area contributed by atoms with Crippen LogP contribution < -0.4 is 0 Å². The molecule has 2 heterocycles. The second-order valence-corrected chi connectivity index (χ2v) is 7.78. The molecule has 1 N–H and O–H groups in total. The molecule has 2 aliphatic rings. The number of hydrogen-bond acceptors (Lipinski definition) is 6. The lowest BCUT2D eigenvalue weighted by Crippen LogP contribution is -2.56. The third kappa shape index (κ3) is 3.34. The van der Waals surface area contributed by atoms with Gasteiger partial charge in [0.2, 0.25) is 0 Å². The van der Waals surface area contributed by atoms with Gasteiger partial charge in [0.15, 0.2) is 0 Å². The van der Waals surface area contributed by atoms with E-state index < -0.39 is 11.8 Å². The number of nitrogens with zero attached hydrogens (tertiary/aromatic N) is 4. The maximum absolute atomic E-state index is 12.5. The fourth-order valence-corrected chi connectivity index (χ4v) is 4.45. The lowest BCUT2D eigenvalue weighted by atomic mass is 10.1. The Morgan fingerprint density at radius 2 is 1.88 bits per heavy atom. The SMILES string of the molecule is O=C1C(=O)N(C2CC[C@H](O)C2)CCN1Cc1nnc(-c2ccccc2)s1. The lowest BCUT2D eigenvalue weighted by Gasteiger charge is -2.36. The molecule has 1 aliphatic heterocycles. The molecular weight excluding hydrogens is 352 g/mol. The summed E-state index contributed by atoms with van der Waals surface area (Å²) in [7, 11) is 0. The van der Waals surface area contributed by atoms with E-state index in [0.717, 1.165) is 22.0 Å². The fourth-order valence-electron chi connectivity index (χ4n) is 3.58. The molecule has 1 saturated heterocycles. The first-order chi connectivity index (χ1) is 12.6. The van der Waals surface area contributed by atoms with Crippen molar-refractivity contribution < 1.29 is 14.7 Å². The van der Waals surface area contributed by atoms with Gasteiger partial charge in [0.1, 0.15) is 10.0 Å². The van der Waals surface area contributed by atoms with Crippen LogP contribution in [0.4, 0.5) is 0 Å². The number of rotatable bonds is 4. The highest BCUT2D eigenvalue weighted by molar-refractivity contribution is 7.14. The minimum Gasteiger partial charge on any atom is -0.393 e. The van der Waals surface area contributed by atoms with Crippen LogP contribution in [0.3, 0.4) is 0 Å². The van der Waals surface area contributed by atoms with Crippen molar-refractivity contribution in [2.45, 2.75) is 38.0 Å². The molecule has 0 radical (unpaired) electrons. The van der Waals surface area contributed by atoms with Crippen LogP contribution in [0.15, 0.2) is 30.3 Å². The second kappa shape index (κ2) is 7.13. The molecule has 1 aromatic carbocycles. The number of carbonyl (C=O) groups is 2. The van der Waals surface area contributed by atoms with E-state index in [1.54, 1.807) is 9.80 Å². The molecule has 1 aromatic heterocycles. The van der Waals surface area contributed by atoms with Gasteiger partial charge in [-0.3, -0.25) is 9.59 Å². The van der Waals surface area contributed by atoms with E-state index in [4.69, 9.17) is 0 Å². The monoisotopic (exact) mass is 372 g/mol. The number of hydrogen-bond donors (Lipinski definition) is 1. The Bertz CT molecular complexity index is 810. The molecule has 0 spiro atoms. The minimum absolute atomic E-state index is 0.0187. The molecule has 26 heavy (non-hydrogen) atoms. The van der Waals surface area contributed by atoms with Crippen molar-refractivity contribution in [2.75, 3.05) is 13.1 Å². The van der Waals surface area contributed by atoms with E-state index in [1.165, 1.54) is 11.3 Å². The third-order valence-electron chi connectivity index (χ3n) is 4.97. The van der Waals surface area contributed by atoms with Crippen molar-refractivity contribution in [1.82, 2.24) is 20.0 Å². The summed E-state index contributed by atoms with van der Waals surface area (Å²) in [6, 6.07) is 9.74. The number of carbonyl (C=O) groups excluding carboxylic acids is 2. The first-order valence-corrected chi connectivity index (χ1v) is 9.59. The van der Waals surface area contributed by atoms with Gasteiger partial charge in [0.05, 0.1) is 12.6 Å². The van der Waals surface area contributed by atoms with Gasteiger partial charge in [-0.05, 0) is 19.3 Å². The van der Waals surface area contributed by atoms with E-state index >= 15 is 0 Å². The quantitative estimate of drug-likeness (QED) is 0.818. The maximum Gasteiger partial charge on any atom is 0.312 e. The van der Waals surface area contributed by atoms with Crippen LogP contribution in [0.2, 0.25) is 0 Å². The highest BCUT2D eigenvalue weighted by Gasteiger charge is 2.39. The molecule has 7 nitrogen and oxygen atoms in total. The van der Waals surface area contributed by atoms with Crippen LogP contribution in [0, 0.1) is 0 Å². The van der Waals surface area contributed by atoms with Crippen molar-refractivity contribution in [3.05, 3.63) is 35.3 Å². The Morgan fingerprint density at radius 3 is 2.62 bits per heavy atom. The summed E-state index contributed by atoms with van der Waals surface area (Å²) in [5, 5.41) is 19.6. The van der Waals surface area contributed by atoms with E-state index in [9.17, 15) is 14.7 Å². The molecule has 0 bridgehead atoms. The van der Waals surface area contributed by atoms with E-state index in [-0.39, 0.29) is 12.1 Å². The molecule has 1 aliphatic carbocycles. The molecule has 8 heteroatoms. The van der Waals surface area contributed by atoms with Crippen LogP contribution >= 0.6 is 11.3 Å². The predicted molar refractivity (Wildman–Crippen MR) is 96.1 cm³/mol. The molecular formula is C18H20N4O3S. The molecule has 2 atom stereocenters. The van der Waals surface area contributed by atoms with Gasteiger partial charge in [-0.2, -0.15) is 0 Å². The summed E-state index contributed by atoms with van der Waals surface area (Å²) >= 11 is 1.44. The third-order valence-corrected chi connectivity index (χ3v) is 5.93. The smallest absolute Gasteiger partial charge is 0.312 e. The standard InChI is InChI=1S/C18H20N4O3S/c23-14-7-6-13(10-14)22-9-8-21(17(24)18(22)25)11-15-19-20-16(26-15)12-4-2-1-3-5-12/h1-5,13-14,23H,6-11H2/t13?,14-/m0/s1. The molecule has 4 rings (SSSR count). The summed E-state index contributed by atoms with van der Waals surface area (Å²) in [4.78, 5) is 28.1. The largest absolute Gasteiger partial charge is 0.393 e. The Morgan fingerprint density at radius 1 is 1.08 bits per heavy atom. The second-order valence-electron chi connectivity index (χ2n) is 6.71. The van der Waals surface area contributed by atoms with Gasteiger partial charge in [0.25, 0.3) is 0 Å². The molecule has 2 amide bonds. The van der Waals surface area contributed by atoms with Crippen molar-refractivity contribution in [1.29, 1.82) is 0 Å². The van der Waals surface area contributed by atoms with Gasteiger partial charge < -0.3 is 14.9 Å². The summed E-state index contributed by atoms with van der Waals surface area (Å²) in [5.41, 5.74) is 0.989. The Hall–Kier alpha value is -2.32. The zero-order valence-corrected chi connectivity index (χ0v) is 15.1. The number of aliphatic hydroxyl groups is 1. The Labute approximate surface area is 155 Å². The fraction of sp³-hybridized carbons (Fsp3) is 0.444. The average Bonchev–Trinajstić information content (AvgIpc) is 3.29. The average molecular weight is 372 g/mol. The Kier molecular flexibility index (Phi) is 4.69. The van der Waals surface area contributed by atoms with Crippen molar-refractivity contribution in [3.8, 4) is 10.6 Å². The number of benzene rings is 1. The topological polar surface area (TPSA) is 86.6 Å². The van der Waals surface area contributed by atoms with Gasteiger partial charge in [-0.25, -0.2) is 0 Å². The molecule has 2 aromatic rings. The number of aliphatic hydroxyl groups excluding tert-OH is 1. The highest BCUT2D eigenvalue weighted by Crippen LogP contribution is 2.27. The van der Waals surface area contributed by atoms with Crippen LogP contribution in [0.5, 0.6) is 0 Å². The zero-order chi connectivity index (χ0) is 18.1. The maximum atomic E-state index is 12.5. The lowest BCUT2D eigenvalue weighted by molar-refractivity contribution is -0.158. The van der Waals surface area contributed by atoms with Gasteiger partial charge in [0, 0.05) is 24.7 Å². The molecule has 1 saturated carbocycles. The van der Waals surface area contributed by atoms with Crippen LogP contribution in [0.1, 0.15) is 24.3 Å².